The fourth-order valence-electron chi connectivity index (χ4n) is 7.34. The minimum absolute atomic E-state index is 0.163. The molecule has 0 aliphatic carbocycles. The number of halogens is 1. The third-order valence-corrected chi connectivity index (χ3v) is 13.9. The highest BCUT2D eigenvalue weighted by Gasteiger charge is 2.11. The second-order valence-corrected chi connectivity index (χ2v) is 20.1. The van der Waals surface area contributed by atoms with E-state index in [1.165, 1.54) is 43.1 Å². The van der Waals surface area contributed by atoms with Crippen molar-refractivity contribution in [1.29, 1.82) is 5.26 Å². The normalized spacial score (nSPS) is 10.9. The van der Waals surface area contributed by atoms with E-state index < -0.39 is 0 Å². The van der Waals surface area contributed by atoms with Crippen LogP contribution in [0.1, 0.15) is 138 Å². The lowest BCUT2D eigenvalue weighted by Crippen LogP contribution is -2.01. The number of benzene rings is 4. The van der Waals surface area contributed by atoms with Gasteiger partial charge in [0.1, 0.15) is 20.8 Å². The van der Waals surface area contributed by atoms with E-state index in [9.17, 15) is 4.39 Å². The monoisotopic (exact) mass is 944 g/mol. The van der Waals surface area contributed by atoms with E-state index in [-0.39, 0.29) is 11.7 Å². The maximum Gasteiger partial charge on any atom is 0.126 e. The van der Waals surface area contributed by atoms with Gasteiger partial charge in [-0.2, -0.15) is 5.26 Å². The summed E-state index contributed by atoms with van der Waals surface area (Å²) in [6.07, 6.45) is 4.08. The average Bonchev–Trinajstić information content (AvgIpc) is 3.96. The molecule has 0 unspecified atom stereocenters. The Morgan fingerprint density at radius 1 is 0.615 bits per heavy atom. The highest BCUT2D eigenvalue weighted by molar-refractivity contribution is 7.72. The summed E-state index contributed by atoms with van der Waals surface area (Å²) < 4.78 is 26.8. The van der Waals surface area contributed by atoms with Crippen molar-refractivity contribution in [1.82, 2.24) is 14.1 Å². The molecule has 0 radical (unpaired) electrons. The van der Waals surface area contributed by atoms with Crippen LogP contribution in [0.3, 0.4) is 0 Å². The topological polar surface area (TPSA) is 55.8 Å². The van der Waals surface area contributed by atoms with Gasteiger partial charge in [-0.15, -0.1) is 22.7 Å². The van der Waals surface area contributed by atoms with Crippen LogP contribution in [0.25, 0.3) is 31.1 Å². The number of hydrogen-bond acceptors (Lipinski definition) is 7. The zero-order chi connectivity index (χ0) is 48.1. The van der Waals surface area contributed by atoms with Gasteiger partial charge in [0.2, 0.25) is 0 Å². The summed E-state index contributed by atoms with van der Waals surface area (Å²) in [5.41, 5.74) is 10.5. The Balaban J connectivity index is 0.000000178. The Kier molecular flexibility index (Phi) is 19.8. The molecule has 4 heterocycles. The van der Waals surface area contributed by atoms with Crippen LogP contribution in [0.2, 0.25) is 0 Å². The molecule has 342 valence electrons. The number of pyridine rings is 2. The number of hydrogen-bond donors (Lipinski definition) is 0. The summed E-state index contributed by atoms with van der Waals surface area (Å²) in [6.45, 7) is 27.4. The van der Waals surface area contributed by atoms with Gasteiger partial charge in [0.05, 0.1) is 39.2 Å². The number of aromatic nitrogens is 3. The third-order valence-electron chi connectivity index (χ3n) is 11.0. The molecule has 0 aliphatic heterocycles. The predicted molar refractivity (Wildman–Crippen MR) is 284 cm³/mol. The number of aryl methyl sites for hydroxylation is 3. The first-order valence-corrected chi connectivity index (χ1v) is 24.7. The Labute approximate surface area is 405 Å². The fourth-order valence-corrected chi connectivity index (χ4v) is 9.94. The van der Waals surface area contributed by atoms with E-state index in [4.69, 9.17) is 34.4 Å². The van der Waals surface area contributed by atoms with Crippen LogP contribution in [0.5, 0.6) is 5.75 Å². The van der Waals surface area contributed by atoms with Gasteiger partial charge in [0.15, 0.2) is 0 Å². The highest BCUT2D eigenvalue weighted by Crippen LogP contribution is 2.29. The Morgan fingerprint density at radius 2 is 1.18 bits per heavy atom. The summed E-state index contributed by atoms with van der Waals surface area (Å²) >= 11 is 14.1. The first-order chi connectivity index (χ1) is 30.8. The van der Waals surface area contributed by atoms with Crippen molar-refractivity contribution in [3.8, 4) is 11.8 Å². The minimum Gasteiger partial charge on any atom is -0.496 e. The maximum absolute atomic E-state index is 13.2. The van der Waals surface area contributed by atoms with Crippen LogP contribution >= 0.6 is 47.1 Å². The standard InChI is InChI=1S/C14H16.C11H15FO.C11H13N.C10H11NS2.C9H10N2S2/c1-10(2)14-9-13-7-5-4-6-12(13)8-11(14)3;1-7(2)9-6-10(12)8(3)5-11(9)13-4;1-8(2)11-5-4-10(7-12)6-9(11)3;1-7(2)11-5-3-8-4-6-13-9(8)10(11)12;1-6(2)11-4-3-7-8(9(11)12)13-5-10-7/h4-10H,1-3H3;5-7H,1-4H3;4-6,8H,1-3H3;3-7H,1-2H3;3-6H,1-2H3. The molecule has 0 atom stereocenters. The van der Waals surface area contributed by atoms with Crippen molar-refractivity contribution in [3.05, 3.63) is 162 Å². The van der Waals surface area contributed by atoms with E-state index in [0.717, 1.165) is 36.4 Å². The summed E-state index contributed by atoms with van der Waals surface area (Å²) in [7, 11) is 1.61. The van der Waals surface area contributed by atoms with Gasteiger partial charge in [-0.3, -0.25) is 0 Å². The molecule has 0 spiro atoms. The van der Waals surface area contributed by atoms with Crippen LogP contribution < -0.4 is 4.74 Å². The third kappa shape index (κ3) is 14.0. The Bertz CT molecular complexity index is 2890. The summed E-state index contributed by atoms with van der Waals surface area (Å²) in [6, 6.07) is 31.5. The molecule has 0 saturated carbocycles. The largest absolute Gasteiger partial charge is 0.496 e. The number of rotatable bonds is 6. The summed E-state index contributed by atoms with van der Waals surface area (Å²) in [4.78, 5) is 4.22. The number of nitriles is 1. The molecular formula is C55H65FN4OS4. The van der Waals surface area contributed by atoms with Crippen LogP contribution in [-0.4, -0.2) is 21.2 Å². The van der Waals surface area contributed by atoms with Gasteiger partial charge < -0.3 is 13.9 Å². The Hall–Kier alpha value is -5.05. The van der Waals surface area contributed by atoms with Gasteiger partial charge in [-0.1, -0.05) is 108 Å². The molecule has 65 heavy (non-hydrogen) atoms. The van der Waals surface area contributed by atoms with Crippen LogP contribution in [0.4, 0.5) is 4.39 Å². The van der Waals surface area contributed by atoms with Gasteiger partial charge in [0.25, 0.3) is 0 Å². The van der Waals surface area contributed by atoms with Crippen LogP contribution in [0.15, 0.2) is 108 Å². The highest BCUT2D eigenvalue weighted by atomic mass is 32.1. The average molecular weight is 945 g/mol. The number of methoxy groups -OCH3 is 1. The molecule has 8 rings (SSSR count). The summed E-state index contributed by atoms with van der Waals surface area (Å²) in [5.74, 6) is 2.04. The second kappa shape index (κ2) is 24.5. The molecule has 4 aromatic heterocycles. The molecule has 5 nitrogen and oxygen atoms in total. The Morgan fingerprint density at radius 3 is 1.74 bits per heavy atom. The molecule has 0 amide bonds. The van der Waals surface area contributed by atoms with Crippen LogP contribution in [0, 0.1) is 47.2 Å². The van der Waals surface area contributed by atoms with Crippen molar-refractivity contribution in [3.63, 3.8) is 0 Å². The number of thiophene rings is 1. The fraction of sp³-hybridized carbons (Fsp3) is 0.345. The molecule has 4 aromatic carbocycles. The quantitative estimate of drug-likeness (QED) is 0.155. The smallest absolute Gasteiger partial charge is 0.126 e. The lowest BCUT2D eigenvalue weighted by atomic mass is 9.94. The van der Waals surface area contributed by atoms with Gasteiger partial charge in [-0.05, 0) is 164 Å². The molecular weight excluding hydrogens is 880 g/mol. The molecule has 10 heteroatoms. The van der Waals surface area contributed by atoms with E-state index in [1.54, 1.807) is 48.8 Å². The molecule has 0 aliphatic rings. The van der Waals surface area contributed by atoms with Gasteiger partial charge >= 0.3 is 0 Å². The van der Waals surface area contributed by atoms with E-state index >= 15 is 0 Å². The van der Waals surface area contributed by atoms with Crippen molar-refractivity contribution >= 4 is 78.2 Å². The van der Waals surface area contributed by atoms with E-state index in [1.807, 2.05) is 49.8 Å². The van der Waals surface area contributed by atoms with Crippen LogP contribution in [-0.2, 0) is 0 Å². The van der Waals surface area contributed by atoms with E-state index in [2.05, 4.69) is 150 Å². The number of thiazole rings is 1. The van der Waals surface area contributed by atoms with Gasteiger partial charge in [0, 0.05) is 24.5 Å². The molecule has 0 N–H and O–H groups in total. The van der Waals surface area contributed by atoms with Crippen molar-refractivity contribution in [2.24, 2.45) is 0 Å². The zero-order valence-electron chi connectivity index (χ0n) is 40.5. The predicted octanol–water partition coefficient (Wildman–Crippen LogP) is 17.9. The lowest BCUT2D eigenvalue weighted by Gasteiger charge is -2.12. The first kappa shape index (κ1) is 52.6. The van der Waals surface area contributed by atoms with E-state index in [0.29, 0.717) is 29.5 Å². The first-order valence-electron chi connectivity index (χ1n) is 22.2. The number of nitrogens with zero attached hydrogens (tertiary/aromatic N) is 4. The molecule has 8 aromatic rings. The SMILES string of the molecule is CC(C)n1ccc2ccsc2c1=S.CC(C)n1ccc2ncsc2c1=S.COc1cc(C)c(F)cc1C(C)C.Cc1cc(C#N)ccc1C(C)C.Cc1cc2ccccc2cc1C(C)C. The number of fused-ring (bicyclic) bond motifs is 3. The number of ether oxygens (including phenoxy) is 1. The van der Waals surface area contributed by atoms with Crippen molar-refractivity contribution < 1.29 is 9.13 Å². The molecule has 0 bridgehead atoms. The molecule has 0 saturated heterocycles. The van der Waals surface area contributed by atoms with Crippen molar-refractivity contribution in [2.45, 2.75) is 120 Å². The minimum atomic E-state index is -0.163. The van der Waals surface area contributed by atoms with Crippen molar-refractivity contribution in [2.75, 3.05) is 7.11 Å². The maximum atomic E-state index is 13.2. The zero-order valence-corrected chi connectivity index (χ0v) is 43.8. The lowest BCUT2D eigenvalue weighted by molar-refractivity contribution is 0.405. The molecule has 0 fully saturated rings. The second-order valence-electron chi connectivity index (χ2n) is 17.6. The summed E-state index contributed by atoms with van der Waals surface area (Å²) in [5, 5.41) is 14.7. The van der Waals surface area contributed by atoms with Gasteiger partial charge in [-0.25, -0.2) is 9.37 Å².